The summed E-state index contributed by atoms with van der Waals surface area (Å²) in [6.07, 6.45) is 6.15. The highest BCUT2D eigenvalue weighted by Crippen LogP contribution is 2.27. The molecule has 1 aliphatic heterocycles. The van der Waals surface area contributed by atoms with E-state index in [0.29, 0.717) is 19.6 Å². The lowest BCUT2D eigenvalue weighted by Crippen LogP contribution is -2.47. The van der Waals surface area contributed by atoms with Crippen LogP contribution < -0.4 is 0 Å². The molecule has 2 amide bonds. The molecule has 1 saturated heterocycles. The summed E-state index contributed by atoms with van der Waals surface area (Å²) in [5, 5.41) is 2.04. The number of benzene rings is 1. The van der Waals surface area contributed by atoms with E-state index >= 15 is 0 Å². The minimum Gasteiger partial charge on any atom is -0.376 e. The minimum absolute atomic E-state index is 0.00148. The summed E-state index contributed by atoms with van der Waals surface area (Å²) < 4.78 is 5.80. The van der Waals surface area contributed by atoms with Crippen molar-refractivity contribution < 1.29 is 14.3 Å². The fourth-order valence-electron chi connectivity index (χ4n) is 4.59. The molecule has 2 fully saturated rings. The van der Waals surface area contributed by atoms with E-state index in [1.165, 1.54) is 0 Å². The van der Waals surface area contributed by atoms with Gasteiger partial charge in [-0.25, -0.2) is 0 Å². The van der Waals surface area contributed by atoms with Crippen molar-refractivity contribution in [3.63, 3.8) is 0 Å². The van der Waals surface area contributed by atoms with Crippen molar-refractivity contribution in [2.45, 2.75) is 57.7 Å². The minimum atomic E-state index is 0.00148. The van der Waals surface area contributed by atoms with Crippen molar-refractivity contribution in [1.82, 2.24) is 9.80 Å². The summed E-state index contributed by atoms with van der Waals surface area (Å²) in [5.74, 6) is 0.202. The second-order valence-corrected chi connectivity index (χ2v) is 9.68. The first-order valence-corrected chi connectivity index (χ1v) is 12.3. The smallest absolute Gasteiger partial charge is 0.242 e. The Kier molecular flexibility index (Phi) is 7.76. The first-order chi connectivity index (χ1) is 15.2. The topological polar surface area (TPSA) is 49.9 Å². The van der Waals surface area contributed by atoms with Crippen LogP contribution in [0.3, 0.4) is 0 Å². The molecule has 1 aromatic carbocycles. The van der Waals surface area contributed by atoms with Crippen LogP contribution in [0.5, 0.6) is 0 Å². The quantitative estimate of drug-likeness (QED) is 0.578. The predicted molar refractivity (Wildman–Crippen MR) is 123 cm³/mol. The van der Waals surface area contributed by atoms with Crippen molar-refractivity contribution in [3.05, 3.63) is 58.3 Å². The first-order valence-electron chi connectivity index (χ1n) is 11.4. The van der Waals surface area contributed by atoms with E-state index in [0.717, 1.165) is 55.6 Å². The highest BCUT2D eigenvalue weighted by Gasteiger charge is 2.32. The molecule has 2 aliphatic rings. The molecule has 1 aromatic heterocycles. The van der Waals surface area contributed by atoms with Crippen molar-refractivity contribution in [2.75, 3.05) is 19.7 Å². The van der Waals surface area contributed by atoms with E-state index in [9.17, 15) is 9.59 Å². The van der Waals surface area contributed by atoms with Crippen LogP contribution in [0.1, 0.15) is 49.0 Å². The maximum Gasteiger partial charge on any atom is 0.242 e. The summed E-state index contributed by atoms with van der Waals surface area (Å²) >= 11 is 1.66. The zero-order chi connectivity index (χ0) is 21.5. The Balaban J connectivity index is 1.48. The highest BCUT2D eigenvalue weighted by atomic mass is 32.1. The van der Waals surface area contributed by atoms with Gasteiger partial charge in [0.1, 0.15) is 0 Å². The summed E-state index contributed by atoms with van der Waals surface area (Å²) in [4.78, 5) is 31.6. The molecule has 0 bridgehead atoms. The van der Waals surface area contributed by atoms with Gasteiger partial charge in [-0.15, -0.1) is 11.3 Å². The van der Waals surface area contributed by atoms with Crippen LogP contribution in [0.15, 0.2) is 47.8 Å². The Hall–Kier alpha value is -2.18. The molecule has 0 radical (unpaired) electrons. The van der Waals surface area contributed by atoms with E-state index < -0.39 is 0 Å². The second-order valence-electron chi connectivity index (χ2n) is 8.65. The molecule has 2 heterocycles. The third kappa shape index (κ3) is 6.17. The molecule has 1 saturated carbocycles. The van der Waals surface area contributed by atoms with E-state index in [-0.39, 0.29) is 30.4 Å². The van der Waals surface area contributed by atoms with Crippen molar-refractivity contribution in [2.24, 2.45) is 5.92 Å². The zero-order valence-electron chi connectivity index (χ0n) is 18.1. The molecule has 31 heavy (non-hydrogen) atoms. The van der Waals surface area contributed by atoms with Crippen molar-refractivity contribution >= 4 is 23.2 Å². The summed E-state index contributed by atoms with van der Waals surface area (Å²) in [6, 6.07) is 14.1. The van der Waals surface area contributed by atoms with Gasteiger partial charge in [-0.1, -0.05) is 49.2 Å². The van der Waals surface area contributed by atoms with E-state index in [1.807, 2.05) is 46.7 Å². The molecule has 5 nitrogen and oxygen atoms in total. The fraction of sp³-hybridized carbons (Fsp3) is 0.520. The number of carbonyl (C=O) groups is 2. The van der Waals surface area contributed by atoms with Crippen molar-refractivity contribution in [3.8, 4) is 0 Å². The fourth-order valence-corrected chi connectivity index (χ4v) is 5.31. The van der Waals surface area contributed by atoms with Gasteiger partial charge in [0.05, 0.1) is 19.2 Å². The number of rotatable bonds is 9. The Morgan fingerprint density at radius 3 is 2.42 bits per heavy atom. The van der Waals surface area contributed by atoms with Gasteiger partial charge < -0.3 is 14.5 Å². The number of carbonyl (C=O) groups excluding carboxylic acids is 2. The van der Waals surface area contributed by atoms with Gasteiger partial charge in [0.2, 0.25) is 11.8 Å². The third-order valence-corrected chi connectivity index (χ3v) is 7.15. The number of hydrogen-bond donors (Lipinski definition) is 0. The van der Waals surface area contributed by atoms with Gasteiger partial charge in [0, 0.05) is 30.5 Å². The third-order valence-electron chi connectivity index (χ3n) is 6.29. The van der Waals surface area contributed by atoms with Gasteiger partial charge >= 0.3 is 0 Å². The summed E-state index contributed by atoms with van der Waals surface area (Å²) in [7, 11) is 0. The molecule has 0 spiro atoms. The van der Waals surface area contributed by atoms with E-state index in [4.69, 9.17) is 4.74 Å². The number of hydrogen-bond acceptors (Lipinski definition) is 4. The standard InChI is InChI=1S/C25H32N2O3S/c28-24(26(18-23-13-7-15-31-23)16-20-8-2-1-3-9-20)19-27(17-22-12-6-14-30-22)25(29)21-10-4-5-11-21/h1-3,7-9,13,15,21-22H,4-6,10-12,14,16-19H2. The molecular weight excluding hydrogens is 408 g/mol. The summed E-state index contributed by atoms with van der Waals surface area (Å²) in [6.45, 7) is 2.52. The molecule has 1 aliphatic carbocycles. The normalized spacial score (nSPS) is 18.9. The van der Waals surface area contributed by atoms with Crippen LogP contribution in [0.4, 0.5) is 0 Å². The van der Waals surface area contributed by atoms with Crippen LogP contribution in [0, 0.1) is 5.92 Å². The SMILES string of the molecule is O=C(CN(CC1CCCO1)C(=O)C1CCCC1)N(Cc1ccccc1)Cc1cccs1. The van der Waals surface area contributed by atoms with Crippen LogP contribution in [0.25, 0.3) is 0 Å². The van der Waals surface area contributed by atoms with Gasteiger partial charge in [-0.05, 0) is 42.7 Å². The maximum atomic E-state index is 13.5. The Bertz CT molecular complexity index is 828. The Morgan fingerprint density at radius 2 is 1.74 bits per heavy atom. The average molecular weight is 441 g/mol. The Labute approximate surface area is 189 Å². The van der Waals surface area contributed by atoms with Gasteiger partial charge in [-0.3, -0.25) is 9.59 Å². The van der Waals surface area contributed by atoms with Crippen molar-refractivity contribution in [1.29, 1.82) is 0 Å². The molecule has 1 atom stereocenters. The van der Waals surface area contributed by atoms with Crippen LogP contribution >= 0.6 is 11.3 Å². The molecule has 1 unspecified atom stereocenters. The molecule has 166 valence electrons. The monoisotopic (exact) mass is 440 g/mol. The zero-order valence-corrected chi connectivity index (χ0v) is 18.9. The van der Waals surface area contributed by atoms with E-state index in [1.54, 1.807) is 16.2 Å². The van der Waals surface area contributed by atoms with Crippen LogP contribution in [-0.4, -0.2) is 47.4 Å². The van der Waals surface area contributed by atoms with Crippen LogP contribution in [-0.2, 0) is 27.4 Å². The number of amides is 2. The van der Waals surface area contributed by atoms with Gasteiger partial charge in [-0.2, -0.15) is 0 Å². The second kappa shape index (κ2) is 10.9. The highest BCUT2D eigenvalue weighted by molar-refractivity contribution is 7.09. The van der Waals surface area contributed by atoms with Gasteiger partial charge in [0.25, 0.3) is 0 Å². The van der Waals surface area contributed by atoms with Crippen LogP contribution in [0.2, 0.25) is 0 Å². The first kappa shape index (κ1) is 22.0. The van der Waals surface area contributed by atoms with E-state index in [2.05, 4.69) is 6.07 Å². The maximum absolute atomic E-state index is 13.5. The molecule has 4 rings (SSSR count). The average Bonchev–Trinajstić information content (AvgIpc) is 3.56. The predicted octanol–water partition coefficient (Wildman–Crippen LogP) is 4.47. The number of thiophene rings is 1. The summed E-state index contributed by atoms with van der Waals surface area (Å²) in [5.41, 5.74) is 1.10. The lowest BCUT2D eigenvalue weighted by atomic mass is 10.1. The molecule has 0 N–H and O–H groups in total. The molecule has 6 heteroatoms. The molecular formula is C25H32N2O3S. The lowest BCUT2D eigenvalue weighted by Gasteiger charge is -2.30. The largest absolute Gasteiger partial charge is 0.376 e. The number of ether oxygens (including phenoxy) is 1. The number of nitrogens with zero attached hydrogens (tertiary/aromatic N) is 2. The molecule has 2 aromatic rings. The lowest BCUT2D eigenvalue weighted by molar-refractivity contribution is -0.144. The van der Waals surface area contributed by atoms with Gasteiger partial charge in [0.15, 0.2) is 0 Å². The Morgan fingerprint density at radius 1 is 0.935 bits per heavy atom.